The van der Waals surface area contributed by atoms with Gasteiger partial charge in [0, 0.05) is 18.3 Å². The maximum absolute atomic E-state index is 5.49. The van der Waals surface area contributed by atoms with Gasteiger partial charge in [-0.25, -0.2) is 4.98 Å². The summed E-state index contributed by atoms with van der Waals surface area (Å²) in [4.78, 5) is 13.1. The quantitative estimate of drug-likeness (QED) is 0.747. The summed E-state index contributed by atoms with van der Waals surface area (Å²) in [6.45, 7) is 5.28. The maximum Gasteiger partial charge on any atom is 0.225 e. The fourth-order valence-corrected chi connectivity index (χ4v) is 2.09. The van der Waals surface area contributed by atoms with Crippen LogP contribution in [0, 0.1) is 0 Å². The van der Waals surface area contributed by atoms with Gasteiger partial charge in [0.05, 0.1) is 30.1 Å². The number of anilines is 1. The molecule has 0 saturated heterocycles. The van der Waals surface area contributed by atoms with Crippen LogP contribution in [0.1, 0.15) is 13.8 Å². The van der Waals surface area contributed by atoms with E-state index in [2.05, 4.69) is 30.5 Å². The topological polar surface area (TPSA) is 88.6 Å². The molecule has 3 heterocycles. The van der Waals surface area contributed by atoms with E-state index in [1.807, 2.05) is 19.9 Å². The van der Waals surface area contributed by atoms with Crippen molar-refractivity contribution in [3.8, 4) is 17.0 Å². The predicted molar refractivity (Wildman–Crippen MR) is 80.2 cm³/mol. The highest BCUT2D eigenvalue weighted by molar-refractivity contribution is 5.90. The molecular weight excluding hydrogens is 268 g/mol. The van der Waals surface area contributed by atoms with Gasteiger partial charge in [-0.2, -0.15) is 10.1 Å². The number of nitrogens with zero attached hydrogens (tertiary/aromatic N) is 4. The SMILES string of the molecule is CCNc1nc(-c2cncc(OCC)c2)c2cn[nH]c2n1. The molecule has 7 heteroatoms. The maximum atomic E-state index is 5.49. The van der Waals surface area contributed by atoms with Gasteiger partial charge in [0.25, 0.3) is 0 Å². The molecule has 3 aromatic heterocycles. The largest absolute Gasteiger partial charge is 0.492 e. The van der Waals surface area contributed by atoms with Gasteiger partial charge < -0.3 is 10.1 Å². The zero-order chi connectivity index (χ0) is 14.7. The minimum atomic E-state index is 0.561. The fraction of sp³-hybridized carbons (Fsp3) is 0.286. The van der Waals surface area contributed by atoms with E-state index >= 15 is 0 Å². The van der Waals surface area contributed by atoms with Gasteiger partial charge in [0.2, 0.25) is 5.95 Å². The smallest absolute Gasteiger partial charge is 0.225 e. The van der Waals surface area contributed by atoms with E-state index in [1.165, 1.54) is 0 Å². The molecular formula is C14H16N6O. The number of rotatable bonds is 5. The van der Waals surface area contributed by atoms with Crippen LogP contribution < -0.4 is 10.1 Å². The molecule has 0 unspecified atom stereocenters. The third-order valence-corrected chi connectivity index (χ3v) is 2.94. The molecule has 0 amide bonds. The Labute approximate surface area is 121 Å². The number of aromatic nitrogens is 5. The lowest BCUT2D eigenvalue weighted by Gasteiger charge is -2.08. The van der Waals surface area contributed by atoms with Crippen LogP contribution in [-0.2, 0) is 0 Å². The zero-order valence-corrected chi connectivity index (χ0v) is 11.9. The van der Waals surface area contributed by atoms with Crippen LogP contribution >= 0.6 is 0 Å². The predicted octanol–water partition coefficient (Wildman–Crippen LogP) is 2.25. The number of pyridine rings is 1. The van der Waals surface area contributed by atoms with E-state index in [1.54, 1.807) is 18.6 Å². The molecule has 0 aromatic carbocycles. The number of hydrogen-bond acceptors (Lipinski definition) is 6. The summed E-state index contributed by atoms with van der Waals surface area (Å²) in [5, 5.41) is 10.9. The van der Waals surface area contributed by atoms with Crippen molar-refractivity contribution in [2.75, 3.05) is 18.5 Å². The Hall–Kier alpha value is -2.70. The van der Waals surface area contributed by atoms with Gasteiger partial charge in [0.15, 0.2) is 5.65 Å². The minimum absolute atomic E-state index is 0.561. The third kappa shape index (κ3) is 2.62. The Kier molecular flexibility index (Phi) is 3.63. The minimum Gasteiger partial charge on any atom is -0.492 e. The van der Waals surface area contributed by atoms with E-state index in [0.29, 0.717) is 18.2 Å². The molecule has 0 atom stereocenters. The van der Waals surface area contributed by atoms with Crippen molar-refractivity contribution in [3.05, 3.63) is 24.7 Å². The highest BCUT2D eigenvalue weighted by atomic mass is 16.5. The molecule has 7 nitrogen and oxygen atoms in total. The summed E-state index contributed by atoms with van der Waals surface area (Å²) < 4.78 is 5.49. The van der Waals surface area contributed by atoms with Crippen LogP contribution in [0.15, 0.2) is 24.7 Å². The van der Waals surface area contributed by atoms with Gasteiger partial charge >= 0.3 is 0 Å². The summed E-state index contributed by atoms with van der Waals surface area (Å²) in [6.07, 6.45) is 5.16. The average Bonchev–Trinajstić information content (AvgIpc) is 2.96. The first-order chi connectivity index (χ1) is 10.3. The first-order valence-corrected chi connectivity index (χ1v) is 6.85. The standard InChI is InChI=1S/C14H16N6O/c1-3-16-14-18-12(11-8-17-20-13(11)19-14)9-5-10(21-4-2)7-15-6-9/h5-8H,3-4H2,1-2H3,(H2,16,17,18,19,20). The molecule has 2 N–H and O–H groups in total. The van der Waals surface area contributed by atoms with Gasteiger partial charge in [0.1, 0.15) is 5.75 Å². The second kappa shape index (κ2) is 5.74. The van der Waals surface area contributed by atoms with E-state index < -0.39 is 0 Å². The monoisotopic (exact) mass is 284 g/mol. The summed E-state index contributed by atoms with van der Waals surface area (Å²) in [7, 11) is 0. The van der Waals surface area contributed by atoms with Crippen molar-refractivity contribution in [2.24, 2.45) is 0 Å². The van der Waals surface area contributed by atoms with Crippen molar-refractivity contribution < 1.29 is 4.74 Å². The summed E-state index contributed by atoms with van der Waals surface area (Å²) in [5.41, 5.74) is 2.34. The summed E-state index contributed by atoms with van der Waals surface area (Å²) in [6, 6.07) is 1.92. The molecule has 3 aromatic rings. The Morgan fingerprint density at radius 2 is 2.10 bits per heavy atom. The van der Waals surface area contributed by atoms with E-state index in [9.17, 15) is 0 Å². The second-order valence-electron chi connectivity index (χ2n) is 4.40. The van der Waals surface area contributed by atoms with Crippen molar-refractivity contribution in [1.29, 1.82) is 0 Å². The lowest BCUT2D eigenvalue weighted by molar-refractivity contribution is 0.339. The molecule has 0 spiro atoms. The molecule has 0 radical (unpaired) electrons. The molecule has 0 aliphatic rings. The number of ether oxygens (including phenoxy) is 1. The number of hydrogen-bond donors (Lipinski definition) is 2. The van der Waals surface area contributed by atoms with Crippen molar-refractivity contribution in [2.45, 2.75) is 13.8 Å². The highest BCUT2D eigenvalue weighted by Crippen LogP contribution is 2.27. The number of H-pyrrole nitrogens is 1. The number of aromatic amines is 1. The van der Waals surface area contributed by atoms with Crippen molar-refractivity contribution in [1.82, 2.24) is 25.1 Å². The highest BCUT2D eigenvalue weighted by Gasteiger charge is 2.12. The number of nitrogens with one attached hydrogen (secondary N) is 2. The Balaban J connectivity index is 2.13. The zero-order valence-electron chi connectivity index (χ0n) is 11.9. The van der Waals surface area contributed by atoms with Gasteiger partial charge in [-0.05, 0) is 19.9 Å². The molecule has 0 saturated carbocycles. The first-order valence-electron chi connectivity index (χ1n) is 6.85. The van der Waals surface area contributed by atoms with Crippen molar-refractivity contribution in [3.63, 3.8) is 0 Å². The Morgan fingerprint density at radius 3 is 2.90 bits per heavy atom. The average molecular weight is 284 g/mol. The van der Waals surface area contributed by atoms with E-state index in [0.717, 1.165) is 28.9 Å². The molecule has 0 aliphatic carbocycles. The van der Waals surface area contributed by atoms with Gasteiger partial charge in [-0.15, -0.1) is 0 Å². The van der Waals surface area contributed by atoms with Crippen LogP contribution in [0.3, 0.4) is 0 Å². The lowest BCUT2D eigenvalue weighted by Crippen LogP contribution is -2.03. The molecule has 21 heavy (non-hydrogen) atoms. The first kappa shape index (κ1) is 13.3. The van der Waals surface area contributed by atoms with E-state index in [-0.39, 0.29) is 0 Å². The van der Waals surface area contributed by atoms with Crippen LogP contribution in [0.2, 0.25) is 0 Å². The van der Waals surface area contributed by atoms with Crippen LogP contribution in [0.4, 0.5) is 5.95 Å². The Bertz CT molecular complexity index is 754. The molecule has 0 fully saturated rings. The van der Waals surface area contributed by atoms with Crippen LogP contribution in [0.5, 0.6) is 5.75 Å². The van der Waals surface area contributed by atoms with Gasteiger partial charge in [-0.1, -0.05) is 0 Å². The van der Waals surface area contributed by atoms with Crippen LogP contribution in [-0.4, -0.2) is 38.3 Å². The molecule has 0 bridgehead atoms. The molecule has 3 rings (SSSR count). The summed E-state index contributed by atoms with van der Waals surface area (Å²) >= 11 is 0. The normalized spacial score (nSPS) is 10.8. The van der Waals surface area contributed by atoms with Crippen LogP contribution in [0.25, 0.3) is 22.3 Å². The summed E-state index contributed by atoms with van der Waals surface area (Å²) in [5.74, 6) is 1.28. The van der Waals surface area contributed by atoms with E-state index in [4.69, 9.17) is 4.74 Å². The third-order valence-electron chi connectivity index (χ3n) is 2.94. The Morgan fingerprint density at radius 1 is 1.19 bits per heavy atom. The molecule has 0 aliphatic heterocycles. The second-order valence-corrected chi connectivity index (χ2v) is 4.40. The fourth-order valence-electron chi connectivity index (χ4n) is 2.09. The van der Waals surface area contributed by atoms with Gasteiger partial charge in [-0.3, -0.25) is 10.1 Å². The number of fused-ring (bicyclic) bond motifs is 1. The molecule has 108 valence electrons. The van der Waals surface area contributed by atoms with Crippen molar-refractivity contribution >= 4 is 17.0 Å². The lowest BCUT2D eigenvalue weighted by atomic mass is 10.1.